The molecule has 0 bridgehead atoms. The molecule has 2 N–H and O–H groups in total. The summed E-state index contributed by atoms with van der Waals surface area (Å²) in [6.07, 6.45) is 3.15. The summed E-state index contributed by atoms with van der Waals surface area (Å²) in [7, 11) is 0. The number of carbonyl (C=O) groups is 2. The molecule has 168 valence electrons. The molecule has 0 aliphatic carbocycles. The number of anilines is 2. The maximum atomic E-state index is 13.0. The van der Waals surface area contributed by atoms with Gasteiger partial charge in [0.05, 0.1) is 5.39 Å². The van der Waals surface area contributed by atoms with Crippen molar-refractivity contribution in [2.75, 3.05) is 29.9 Å². The molecule has 1 aromatic carbocycles. The van der Waals surface area contributed by atoms with Crippen molar-refractivity contribution in [2.24, 2.45) is 5.92 Å². The van der Waals surface area contributed by atoms with Gasteiger partial charge in [0.2, 0.25) is 5.91 Å². The molecular weight excluding hydrogens is 422 g/mol. The van der Waals surface area contributed by atoms with Gasteiger partial charge in [-0.1, -0.05) is 6.07 Å². The van der Waals surface area contributed by atoms with Gasteiger partial charge in [-0.15, -0.1) is 11.3 Å². The predicted octanol–water partition coefficient (Wildman–Crippen LogP) is 4.22. The predicted molar refractivity (Wildman–Crippen MR) is 130 cm³/mol. The van der Waals surface area contributed by atoms with Crippen LogP contribution in [-0.4, -0.2) is 41.4 Å². The number of nitrogens with one attached hydrogen (secondary N) is 2. The van der Waals surface area contributed by atoms with Crippen LogP contribution in [0.3, 0.4) is 0 Å². The van der Waals surface area contributed by atoms with Crippen LogP contribution in [-0.2, 0) is 4.79 Å². The third-order valence-electron chi connectivity index (χ3n) is 6.21. The van der Waals surface area contributed by atoms with Crippen molar-refractivity contribution in [3.05, 3.63) is 46.1 Å². The lowest BCUT2D eigenvalue weighted by Crippen LogP contribution is -2.38. The number of benzene rings is 1. The summed E-state index contributed by atoms with van der Waals surface area (Å²) in [4.78, 5) is 38.7. The number of hydrogen-bond acceptors (Lipinski definition) is 6. The highest BCUT2D eigenvalue weighted by atomic mass is 32.1. The van der Waals surface area contributed by atoms with Crippen LogP contribution in [0.4, 0.5) is 11.5 Å². The van der Waals surface area contributed by atoms with Crippen molar-refractivity contribution in [1.82, 2.24) is 15.3 Å². The monoisotopic (exact) mass is 451 g/mol. The second-order valence-electron chi connectivity index (χ2n) is 8.30. The van der Waals surface area contributed by atoms with Gasteiger partial charge in [0.15, 0.2) is 0 Å². The Bertz CT molecular complexity index is 1160. The van der Waals surface area contributed by atoms with Gasteiger partial charge in [0.25, 0.3) is 5.91 Å². The molecule has 1 saturated heterocycles. The number of amides is 2. The number of fused-ring (bicyclic) bond motifs is 1. The van der Waals surface area contributed by atoms with Crippen LogP contribution in [0, 0.1) is 26.7 Å². The molecule has 0 saturated carbocycles. The fourth-order valence-corrected chi connectivity index (χ4v) is 5.14. The Balaban J connectivity index is 1.44. The van der Waals surface area contributed by atoms with E-state index in [-0.39, 0.29) is 17.7 Å². The highest BCUT2D eigenvalue weighted by Gasteiger charge is 2.27. The molecule has 32 heavy (non-hydrogen) atoms. The van der Waals surface area contributed by atoms with Crippen molar-refractivity contribution >= 4 is 44.9 Å². The zero-order chi connectivity index (χ0) is 22.8. The van der Waals surface area contributed by atoms with Crippen LogP contribution in [0.15, 0.2) is 24.5 Å². The minimum atomic E-state index is -0.133. The Morgan fingerprint density at radius 3 is 2.62 bits per heavy atom. The topological polar surface area (TPSA) is 87.2 Å². The first-order valence-corrected chi connectivity index (χ1v) is 11.9. The number of hydrogen-bond donors (Lipinski definition) is 2. The molecule has 0 radical (unpaired) electrons. The van der Waals surface area contributed by atoms with Crippen LogP contribution in [0.2, 0.25) is 0 Å². The van der Waals surface area contributed by atoms with E-state index in [1.807, 2.05) is 19.9 Å². The Hall–Kier alpha value is -3.00. The van der Waals surface area contributed by atoms with Crippen molar-refractivity contribution < 1.29 is 9.59 Å². The van der Waals surface area contributed by atoms with Gasteiger partial charge in [-0.2, -0.15) is 0 Å². The molecule has 0 atom stereocenters. The van der Waals surface area contributed by atoms with E-state index in [1.54, 1.807) is 29.8 Å². The summed E-state index contributed by atoms with van der Waals surface area (Å²) in [6, 6.07) is 5.41. The second-order valence-corrected chi connectivity index (χ2v) is 9.50. The summed E-state index contributed by atoms with van der Waals surface area (Å²) in [5.41, 5.74) is 3.43. The molecule has 7 nitrogen and oxygen atoms in total. The summed E-state index contributed by atoms with van der Waals surface area (Å²) in [6.45, 7) is 10.2. The van der Waals surface area contributed by atoms with E-state index in [4.69, 9.17) is 0 Å². The zero-order valence-electron chi connectivity index (χ0n) is 19.0. The first-order valence-electron chi connectivity index (χ1n) is 11.0. The molecule has 2 amide bonds. The Morgan fingerprint density at radius 2 is 1.91 bits per heavy atom. The quantitative estimate of drug-likeness (QED) is 0.606. The van der Waals surface area contributed by atoms with E-state index in [9.17, 15) is 9.59 Å². The van der Waals surface area contributed by atoms with Crippen molar-refractivity contribution in [3.8, 4) is 0 Å². The minimum Gasteiger partial charge on any atom is -0.356 e. The molecule has 1 fully saturated rings. The normalized spacial score (nSPS) is 14.6. The minimum absolute atomic E-state index is 0.0104. The van der Waals surface area contributed by atoms with Gasteiger partial charge < -0.3 is 15.5 Å². The van der Waals surface area contributed by atoms with Gasteiger partial charge >= 0.3 is 0 Å². The highest BCUT2D eigenvalue weighted by molar-refractivity contribution is 7.18. The Labute approximate surface area is 192 Å². The molecule has 1 aliphatic rings. The van der Waals surface area contributed by atoms with Crippen molar-refractivity contribution in [1.29, 1.82) is 0 Å². The lowest BCUT2D eigenvalue weighted by molar-refractivity contribution is -0.120. The van der Waals surface area contributed by atoms with Crippen molar-refractivity contribution in [3.63, 3.8) is 0 Å². The van der Waals surface area contributed by atoms with Gasteiger partial charge in [-0.25, -0.2) is 9.97 Å². The van der Waals surface area contributed by atoms with E-state index in [0.29, 0.717) is 17.8 Å². The number of aryl methyl sites for hydroxylation is 3. The number of nitrogens with zero attached hydrogens (tertiary/aromatic N) is 3. The molecule has 8 heteroatoms. The SMILES string of the molecule is CCNC(=O)c1ccc(C)c(NC(=O)C2CCN(c3ncnc4sc(C)c(C)c34)CC2)c1. The van der Waals surface area contributed by atoms with Gasteiger partial charge in [-0.3, -0.25) is 9.59 Å². The Morgan fingerprint density at radius 1 is 1.16 bits per heavy atom. The van der Waals surface area contributed by atoms with Crippen molar-refractivity contribution in [2.45, 2.75) is 40.5 Å². The fraction of sp³-hybridized carbons (Fsp3) is 0.417. The fourth-order valence-electron chi connectivity index (χ4n) is 4.15. The van der Waals surface area contributed by atoms with Crippen LogP contribution < -0.4 is 15.5 Å². The van der Waals surface area contributed by atoms with Crippen LogP contribution in [0.25, 0.3) is 10.2 Å². The van der Waals surface area contributed by atoms with Crippen LogP contribution >= 0.6 is 11.3 Å². The maximum Gasteiger partial charge on any atom is 0.251 e. The molecular formula is C24H29N5O2S. The highest BCUT2D eigenvalue weighted by Crippen LogP contribution is 2.35. The summed E-state index contributed by atoms with van der Waals surface area (Å²) < 4.78 is 0. The van der Waals surface area contributed by atoms with E-state index >= 15 is 0 Å². The molecule has 3 aromatic rings. The summed E-state index contributed by atoms with van der Waals surface area (Å²) in [5.74, 6) is 0.783. The molecule has 0 unspecified atom stereocenters. The number of aromatic nitrogens is 2. The first kappa shape index (κ1) is 22.2. The first-order chi connectivity index (χ1) is 15.4. The molecule has 0 spiro atoms. The average Bonchev–Trinajstić information content (AvgIpc) is 3.09. The number of rotatable bonds is 5. The van der Waals surface area contributed by atoms with E-state index in [1.165, 1.54) is 10.4 Å². The largest absolute Gasteiger partial charge is 0.356 e. The zero-order valence-corrected chi connectivity index (χ0v) is 19.8. The van der Waals surface area contributed by atoms with E-state index < -0.39 is 0 Å². The van der Waals surface area contributed by atoms with E-state index in [0.717, 1.165) is 47.5 Å². The molecule has 1 aliphatic heterocycles. The second kappa shape index (κ2) is 9.24. The number of carbonyl (C=O) groups excluding carboxylic acids is 2. The Kier molecular flexibility index (Phi) is 6.41. The lowest BCUT2D eigenvalue weighted by atomic mass is 9.95. The smallest absolute Gasteiger partial charge is 0.251 e. The molecule has 2 aromatic heterocycles. The molecule has 3 heterocycles. The summed E-state index contributed by atoms with van der Waals surface area (Å²) >= 11 is 1.70. The third-order valence-corrected chi connectivity index (χ3v) is 7.32. The molecule has 4 rings (SSSR count). The number of piperidine rings is 1. The van der Waals surface area contributed by atoms with E-state index in [2.05, 4.69) is 39.3 Å². The lowest BCUT2D eigenvalue weighted by Gasteiger charge is -2.32. The van der Waals surface area contributed by atoms with Crippen LogP contribution in [0.1, 0.15) is 46.1 Å². The number of thiophene rings is 1. The van der Waals surface area contributed by atoms with Gasteiger partial charge in [0.1, 0.15) is 17.0 Å². The summed E-state index contributed by atoms with van der Waals surface area (Å²) in [5, 5.41) is 6.98. The average molecular weight is 452 g/mol. The van der Waals surface area contributed by atoms with Gasteiger partial charge in [0, 0.05) is 41.7 Å². The van der Waals surface area contributed by atoms with Crippen LogP contribution in [0.5, 0.6) is 0 Å². The maximum absolute atomic E-state index is 13.0. The third kappa shape index (κ3) is 4.32. The van der Waals surface area contributed by atoms with Gasteiger partial charge in [-0.05, 0) is 63.8 Å². The standard InChI is InChI=1S/C24H29N5O2S/c1-5-25-22(30)18-7-6-14(2)19(12-18)28-23(31)17-8-10-29(11-9-17)21-20-15(3)16(4)32-24(20)27-13-26-21/h6-7,12-13,17H,5,8-11H2,1-4H3,(H,25,30)(H,28,31).